The lowest BCUT2D eigenvalue weighted by atomic mass is 10.1. The van der Waals surface area contributed by atoms with Crippen molar-refractivity contribution < 1.29 is 9.53 Å². The van der Waals surface area contributed by atoms with Crippen LogP contribution in [0.1, 0.15) is 5.56 Å². The predicted octanol–water partition coefficient (Wildman–Crippen LogP) is 1.38. The maximum atomic E-state index is 12.4. The van der Waals surface area contributed by atoms with Gasteiger partial charge >= 0.3 is 0 Å². The molecule has 1 heterocycles. The van der Waals surface area contributed by atoms with E-state index in [1.54, 1.807) is 30.2 Å². The molecule has 0 unspecified atom stereocenters. The Labute approximate surface area is 125 Å². The number of nitrogens with zero attached hydrogens (tertiary/aromatic N) is 3. The molecular weight excluding hydrogens is 266 g/mol. The molecule has 0 saturated carbocycles. The summed E-state index contributed by atoms with van der Waals surface area (Å²) in [6.07, 6.45) is 1.63. The highest BCUT2D eigenvalue weighted by Crippen LogP contribution is 2.15. The summed E-state index contributed by atoms with van der Waals surface area (Å²) in [7, 11) is 3.63. The number of methoxy groups -OCH3 is 1. The first-order chi connectivity index (χ1) is 10.1. The number of likely N-dealkylation sites (N-methyl/N-ethyl adjacent to an activating group) is 1. The lowest BCUT2D eigenvalue weighted by Crippen LogP contribution is -2.47. The molecular formula is C16H19N3O2. The van der Waals surface area contributed by atoms with Gasteiger partial charge in [0.15, 0.2) is 0 Å². The summed E-state index contributed by atoms with van der Waals surface area (Å²) in [5.41, 5.74) is 0.986. The van der Waals surface area contributed by atoms with Gasteiger partial charge in [0.05, 0.1) is 7.11 Å². The first kappa shape index (κ1) is 15.1. The zero-order valence-electron chi connectivity index (χ0n) is 12.4. The molecule has 0 bridgehead atoms. The Balaban J connectivity index is 2.12. The maximum absolute atomic E-state index is 12.4. The lowest BCUT2D eigenvalue weighted by molar-refractivity contribution is -0.128. The Hall–Kier alpha value is -2.32. The van der Waals surface area contributed by atoms with Gasteiger partial charge in [0.25, 0.3) is 5.91 Å². The zero-order chi connectivity index (χ0) is 15.2. The number of piperazine rings is 1. The third-order valence-corrected chi connectivity index (χ3v) is 3.57. The van der Waals surface area contributed by atoms with Crippen LogP contribution in [0.4, 0.5) is 0 Å². The van der Waals surface area contributed by atoms with Crippen LogP contribution in [0.5, 0.6) is 5.75 Å². The molecule has 0 radical (unpaired) electrons. The van der Waals surface area contributed by atoms with Crippen LogP contribution in [0.3, 0.4) is 0 Å². The highest BCUT2D eigenvalue weighted by Gasteiger charge is 2.21. The van der Waals surface area contributed by atoms with E-state index in [0.29, 0.717) is 13.1 Å². The molecule has 5 heteroatoms. The third-order valence-electron chi connectivity index (χ3n) is 3.57. The summed E-state index contributed by atoms with van der Waals surface area (Å²) in [5.74, 6) is 0.553. The fourth-order valence-corrected chi connectivity index (χ4v) is 2.19. The van der Waals surface area contributed by atoms with E-state index in [1.807, 2.05) is 25.2 Å². The Morgan fingerprint density at radius 3 is 2.38 bits per heavy atom. The zero-order valence-corrected chi connectivity index (χ0v) is 12.4. The van der Waals surface area contributed by atoms with Crippen molar-refractivity contribution in [3.8, 4) is 11.8 Å². The van der Waals surface area contributed by atoms with E-state index in [9.17, 15) is 10.1 Å². The molecule has 1 aliphatic heterocycles. The smallest absolute Gasteiger partial charge is 0.264 e. The fraction of sp³-hybridized carbons (Fsp3) is 0.375. The van der Waals surface area contributed by atoms with Crippen LogP contribution in [0.15, 0.2) is 29.8 Å². The van der Waals surface area contributed by atoms with Gasteiger partial charge in [-0.15, -0.1) is 0 Å². The average Bonchev–Trinajstić information content (AvgIpc) is 2.53. The van der Waals surface area contributed by atoms with Gasteiger partial charge < -0.3 is 14.5 Å². The molecule has 2 rings (SSSR count). The highest BCUT2D eigenvalue weighted by molar-refractivity contribution is 6.01. The van der Waals surface area contributed by atoms with Gasteiger partial charge in [-0.2, -0.15) is 5.26 Å². The monoisotopic (exact) mass is 285 g/mol. The predicted molar refractivity (Wildman–Crippen MR) is 80.7 cm³/mol. The molecule has 0 aromatic heterocycles. The van der Waals surface area contributed by atoms with E-state index >= 15 is 0 Å². The van der Waals surface area contributed by atoms with Gasteiger partial charge in [-0.25, -0.2) is 0 Å². The van der Waals surface area contributed by atoms with Crippen molar-refractivity contribution in [1.82, 2.24) is 9.80 Å². The topological polar surface area (TPSA) is 56.6 Å². The van der Waals surface area contributed by atoms with Crippen molar-refractivity contribution in [3.63, 3.8) is 0 Å². The number of carbonyl (C=O) groups excluding carboxylic acids is 1. The van der Waals surface area contributed by atoms with Gasteiger partial charge in [0.1, 0.15) is 17.4 Å². The van der Waals surface area contributed by atoms with E-state index < -0.39 is 0 Å². The molecule has 21 heavy (non-hydrogen) atoms. The largest absolute Gasteiger partial charge is 0.497 e. The number of benzene rings is 1. The number of nitriles is 1. The number of hydrogen-bond acceptors (Lipinski definition) is 4. The molecule has 0 atom stereocenters. The number of amides is 1. The number of carbonyl (C=O) groups is 1. The van der Waals surface area contributed by atoms with E-state index in [-0.39, 0.29) is 11.5 Å². The van der Waals surface area contributed by atoms with Crippen LogP contribution in [-0.4, -0.2) is 56.0 Å². The number of ether oxygens (including phenoxy) is 1. The molecule has 0 N–H and O–H groups in total. The second kappa shape index (κ2) is 6.91. The molecule has 1 fully saturated rings. The van der Waals surface area contributed by atoms with Crippen LogP contribution in [0.2, 0.25) is 0 Å². The fourth-order valence-electron chi connectivity index (χ4n) is 2.19. The molecule has 1 saturated heterocycles. The van der Waals surface area contributed by atoms with Crippen LogP contribution in [0.25, 0.3) is 6.08 Å². The molecule has 110 valence electrons. The Kier molecular flexibility index (Phi) is 4.96. The molecule has 1 aromatic rings. The SMILES string of the molecule is COc1ccc(/C=C(\C#N)C(=O)N2CCN(C)CC2)cc1. The van der Waals surface area contributed by atoms with Crippen molar-refractivity contribution in [2.45, 2.75) is 0 Å². The quantitative estimate of drug-likeness (QED) is 0.622. The lowest BCUT2D eigenvalue weighted by Gasteiger charge is -2.32. The van der Waals surface area contributed by atoms with Crippen molar-refractivity contribution in [2.24, 2.45) is 0 Å². The number of rotatable bonds is 3. The van der Waals surface area contributed by atoms with Crippen LogP contribution in [0, 0.1) is 11.3 Å². The molecule has 1 aromatic carbocycles. The normalized spacial score (nSPS) is 16.4. The summed E-state index contributed by atoms with van der Waals surface area (Å²) < 4.78 is 5.09. The Morgan fingerprint density at radius 1 is 1.24 bits per heavy atom. The summed E-state index contributed by atoms with van der Waals surface area (Å²) >= 11 is 0. The Morgan fingerprint density at radius 2 is 1.86 bits per heavy atom. The summed E-state index contributed by atoms with van der Waals surface area (Å²) in [5, 5.41) is 9.24. The second-order valence-electron chi connectivity index (χ2n) is 5.04. The molecule has 1 aliphatic rings. The minimum atomic E-state index is -0.193. The van der Waals surface area contributed by atoms with Crippen molar-refractivity contribution in [3.05, 3.63) is 35.4 Å². The average molecular weight is 285 g/mol. The molecule has 1 amide bonds. The van der Waals surface area contributed by atoms with Gasteiger partial charge in [0, 0.05) is 26.2 Å². The second-order valence-corrected chi connectivity index (χ2v) is 5.04. The van der Waals surface area contributed by atoms with Gasteiger partial charge in [0.2, 0.25) is 0 Å². The van der Waals surface area contributed by atoms with E-state index in [2.05, 4.69) is 4.90 Å². The molecule has 0 aliphatic carbocycles. The summed E-state index contributed by atoms with van der Waals surface area (Å²) in [6.45, 7) is 3.01. The van der Waals surface area contributed by atoms with Crippen molar-refractivity contribution >= 4 is 12.0 Å². The van der Waals surface area contributed by atoms with E-state index in [4.69, 9.17) is 4.74 Å². The minimum Gasteiger partial charge on any atom is -0.497 e. The first-order valence-corrected chi connectivity index (χ1v) is 6.87. The van der Waals surface area contributed by atoms with Crippen LogP contribution < -0.4 is 4.74 Å². The van der Waals surface area contributed by atoms with E-state index in [1.165, 1.54) is 0 Å². The van der Waals surface area contributed by atoms with Crippen molar-refractivity contribution in [2.75, 3.05) is 40.3 Å². The number of hydrogen-bond donors (Lipinski definition) is 0. The minimum absolute atomic E-state index is 0.171. The van der Waals surface area contributed by atoms with Gasteiger partial charge in [-0.1, -0.05) is 12.1 Å². The summed E-state index contributed by atoms with van der Waals surface area (Å²) in [4.78, 5) is 16.3. The van der Waals surface area contributed by atoms with E-state index in [0.717, 1.165) is 24.4 Å². The third kappa shape index (κ3) is 3.83. The molecule has 5 nitrogen and oxygen atoms in total. The first-order valence-electron chi connectivity index (χ1n) is 6.87. The summed E-state index contributed by atoms with van der Waals surface area (Å²) in [6, 6.07) is 9.28. The van der Waals surface area contributed by atoms with Crippen molar-refractivity contribution in [1.29, 1.82) is 5.26 Å². The standard InChI is InChI=1S/C16H19N3O2/c1-18-7-9-19(10-8-18)16(20)14(12-17)11-13-3-5-15(21-2)6-4-13/h3-6,11H,7-10H2,1-2H3/b14-11+. The van der Waals surface area contributed by atoms with Gasteiger partial charge in [-0.3, -0.25) is 4.79 Å². The molecule has 0 spiro atoms. The van der Waals surface area contributed by atoms with Crippen LogP contribution >= 0.6 is 0 Å². The maximum Gasteiger partial charge on any atom is 0.264 e. The van der Waals surface area contributed by atoms with Gasteiger partial charge in [-0.05, 0) is 30.8 Å². The Bertz CT molecular complexity index is 564. The highest BCUT2D eigenvalue weighted by atomic mass is 16.5. The van der Waals surface area contributed by atoms with Crippen LogP contribution in [-0.2, 0) is 4.79 Å².